The Bertz CT molecular complexity index is 584. The molecule has 1 aliphatic heterocycles. The summed E-state index contributed by atoms with van der Waals surface area (Å²) < 4.78 is 36.6. The van der Waals surface area contributed by atoms with Crippen LogP contribution in [0.5, 0.6) is 0 Å². The molecule has 1 aromatic rings. The monoisotopic (exact) mass is 298 g/mol. The first-order valence-corrected chi connectivity index (χ1v) is 8.59. The predicted molar refractivity (Wildman–Crippen MR) is 78.6 cm³/mol. The van der Waals surface area contributed by atoms with Crippen LogP contribution in [-0.2, 0) is 16.4 Å². The zero-order valence-corrected chi connectivity index (χ0v) is 13.0. The molecule has 111 valence electrons. The van der Waals surface area contributed by atoms with Crippen molar-refractivity contribution in [3.63, 3.8) is 0 Å². The molecule has 1 heterocycles. The molecule has 0 bridgehead atoms. The van der Waals surface area contributed by atoms with E-state index in [9.17, 15) is 12.8 Å². The Morgan fingerprint density at radius 1 is 1.35 bits per heavy atom. The van der Waals surface area contributed by atoms with Gasteiger partial charge in [0.25, 0.3) is 0 Å². The summed E-state index contributed by atoms with van der Waals surface area (Å²) in [4.78, 5) is 2.01. The highest BCUT2D eigenvalue weighted by atomic mass is 32.2. The largest absolute Gasteiger partial charge is 0.298 e. The molecule has 5 heteroatoms. The van der Waals surface area contributed by atoms with Crippen LogP contribution >= 0.6 is 0 Å². The van der Waals surface area contributed by atoms with Crippen molar-refractivity contribution in [2.24, 2.45) is 0 Å². The molecular formula is C15H21FNO2S. The van der Waals surface area contributed by atoms with E-state index in [0.717, 1.165) is 17.0 Å². The van der Waals surface area contributed by atoms with Crippen molar-refractivity contribution in [2.75, 3.05) is 18.6 Å². The molecule has 0 saturated carbocycles. The van der Waals surface area contributed by atoms with Crippen LogP contribution in [-0.4, -0.2) is 37.9 Å². The summed E-state index contributed by atoms with van der Waals surface area (Å²) in [5, 5.41) is 0. The van der Waals surface area contributed by atoms with Gasteiger partial charge in [-0.25, -0.2) is 12.8 Å². The fraction of sp³-hybridized carbons (Fsp3) is 0.533. The second kappa shape index (κ2) is 5.82. The van der Waals surface area contributed by atoms with Gasteiger partial charge in [-0.2, -0.15) is 0 Å². The van der Waals surface area contributed by atoms with Crippen molar-refractivity contribution < 1.29 is 12.8 Å². The first-order chi connectivity index (χ1) is 9.27. The van der Waals surface area contributed by atoms with Gasteiger partial charge < -0.3 is 0 Å². The van der Waals surface area contributed by atoms with Crippen molar-refractivity contribution in [3.8, 4) is 0 Å². The lowest BCUT2D eigenvalue weighted by Crippen LogP contribution is -2.32. The first kappa shape index (κ1) is 15.4. The maximum atomic E-state index is 13.6. The van der Waals surface area contributed by atoms with Gasteiger partial charge in [-0.05, 0) is 42.6 Å². The van der Waals surface area contributed by atoms with Crippen LogP contribution in [0, 0.1) is 11.7 Å². The van der Waals surface area contributed by atoms with E-state index in [2.05, 4.69) is 0 Å². The van der Waals surface area contributed by atoms with Crippen LogP contribution in [0.1, 0.15) is 31.4 Å². The van der Waals surface area contributed by atoms with E-state index >= 15 is 0 Å². The molecule has 0 N–H and O–H groups in total. The summed E-state index contributed by atoms with van der Waals surface area (Å²) in [5.74, 6) is 1.30. The van der Waals surface area contributed by atoms with Gasteiger partial charge in [0.05, 0.1) is 11.5 Å². The zero-order valence-electron chi connectivity index (χ0n) is 12.2. The van der Waals surface area contributed by atoms with E-state index < -0.39 is 9.84 Å². The summed E-state index contributed by atoms with van der Waals surface area (Å²) in [7, 11) is -0.981. The summed E-state index contributed by atoms with van der Waals surface area (Å²) in [6.07, 6.45) is 0.667. The topological polar surface area (TPSA) is 37.4 Å². The Morgan fingerprint density at radius 3 is 2.60 bits per heavy atom. The van der Waals surface area contributed by atoms with Gasteiger partial charge in [-0.1, -0.05) is 19.9 Å². The molecule has 1 aliphatic rings. The van der Waals surface area contributed by atoms with E-state index in [-0.39, 0.29) is 23.4 Å². The molecule has 1 radical (unpaired) electrons. The van der Waals surface area contributed by atoms with E-state index in [1.807, 2.05) is 31.9 Å². The highest BCUT2D eigenvalue weighted by Crippen LogP contribution is 2.21. The average molecular weight is 298 g/mol. The van der Waals surface area contributed by atoms with Crippen molar-refractivity contribution in [1.82, 2.24) is 4.90 Å². The lowest BCUT2D eigenvalue weighted by atomic mass is 10.00. The number of sulfone groups is 1. The van der Waals surface area contributed by atoms with E-state index in [1.165, 1.54) is 12.1 Å². The summed E-state index contributed by atoms with van der Waals surface area (Å²) in [6, 6.07) is 5.06. The lowest BCUT2D eigenvalue weighted by Gasteiger charge is -2.23. The van der Waals surface area contributed by atoms with Crippen LogP contribution < -0.4 is 0 Å². The van der Waals surface area contributed by atoms with Gasteiger partial charge in [0.2, 0.25) is 0 Å². The van der Waals surface area contributed by atoms with Gasteiger partial charge in [-0.3, -0.25) is 4.90 Å². The van der Waals surface area contributed by atoms with E-state index in [4.69, 9.17) is 0 Å². The second-order valence-electron chi connectivity index (χ2n) is 5.82. The van der Waals surface area contributed by atoms with Gasteiger partial charge >= 0.3 is 0 Å². The molecule has 2 rings (SSSR count). The molecule has 1 fully saturated rings. The Morgan fingerprint density at radius 2 is 2.05 bits per heavy atom. The quantitative estimate of drug-likeness (QED) is 0.856. The van der Waals surface area contributed by atoms with Crippen molar-refractivity contribution in [1.29, 1.82) is 0 Å². The first-order valence-electron chi connectivity index (χ1n) is 6.77. The third kappa shape index (κ3) is 3.79. The number of rotatable bonds is 4. The second-order valence-corrected chi connectivity index (χ2v) is 8.05. The third-order valence-corrected chi connectivity index (χ3v) is 5.55. The minimum Gasteiger partial charge on any atom is -0.298 e. The minimum absolute atomic E-state index is 0.0402. The number of halogens is 1. The molecule has 0 aliphatic carbocycles. The SMILES string of the molecule is C[C](C)c1cc(F)cc(CN(C)C2CCS(=O)(=O)C2)c1. The maximum Gasteiger partial charge on any atom is 0.151 e. The van der Waals surface area contributed by atoms with Crippen LogP contribution in [0.4, 0.5) is 4.39 Å². The maximum absolute atomic E-state index is 13.6. The highest BCUT2D eigenvalue weighted by molar-refractivity contribution is 7.91. The Balaban J connectivity index is 2.10. The van der Waals surface area contributed by atoms with Crippen LogP contribution in [0.25, 0.3) is 0 Å². The molecule has 1 aromatic carbocycles. The molecule has 0 amide bonds. The normalized spacial score (nSPS) is 21.8. The van der Waals surface area contributed by atoms with Crippen molar-refractivity contribution in [3.05, 3.63) is 41.1 Å². The lowest BCUT2D eigenvalue weighted by molar-refractivity contribution is 0.253. The molecule has 1 saturated heterocycles. The third-order valence-electron chi connectivity index (χ3n) is 3.80. The predicted octanol–water partition coefficient (Wildman–Crippen LogP) is 2.41. The summed E-state index contributed by atoms with van der Waals surface area (Å²) in [5.41, 5.74) is 1.78. The molecule has 20 heavy (non-hydrogen) atoms. The van der Waals surface area contributed by atoms with Crippen LogP contribution in [0.2, 0.25) is 0 Å². The van der Waals surface area contributed by atoms with E-state index in [1.54, 1.807) is 0 Å². The molecule has 0 spiro atoms. The fourth-order valence-corrected chi connectivity index (χ4v) is 4.38. The summed E-state index contributed by atoms with van der Waals surface area (Å²) >= 11 is 0. The number of benzene rings is 1. The Kier molecular flexibility index (Phi) is 4.49. The number of hydrogen-bond donors (Lipinski definition) is 0. The Labute approximate surface area is 120 Å². The average Bonchev–Trinajstić information content (AvgIpc) is 2.69. The van der Waals surface area contributed by atoms with Gasteiger partial charge in [-0.15, -0.1) is 0 Å². The van der Waals surface area contributed by atoms with Crippen molar-refractivity contribution in [2.45, 2.75) is 32.9 Å². The molecule has 0 aromatic heterocycles. The highest BCUT2D eigenvalue weighted by Gasteiger charge is 2.30. The number of nitrogens with zero attached hydrogens (tertiary/aromatic N) is 1. The molecule has 3 nitrogen and oxygen atoms in total. The van der Waals surface area contributed by atoms with Gasteiger partial charge in [0, 0.05) is 12.6 Å². The van der Waals surface area contributed by atoms with Gasteiger partial charge in [0.1, 0.15) is 5.82 Å². The fourth-order valence-electron chi connectivity index (χ4n) is 2.57. The Hall–Kier alpha value is -0.940. The molecular weight excluding hydrogens is 277 g/mol. The zero-order chi connectivity index (χ0) is 14.9. The van der Waals surface area contributed by atoms with Crippen molar-refractivity contribution >= 4 is 9.84 Å². The minimum atomic E-state index is -2.88. The van der Waals surface area contributed by atoms with Crippen LogP contribution in [0.15, 0.2) is 18.2 Å². The summed E-state index contributed by atoms with van der Waals surface area (Å²) in [6.45, 7) is 4.47. The molecule has 1 unspecified atom stereocenters. The standard InChI is InChI=1S/C15H21FNO2S/c1-11(2)13-6-12(7-14(16)8-13)9-17(3)15-4-5-20(18,19)10-15/h6-8,15H,4-5,9-10H2,1-3H3. The molecule has 1 atom stereocenters. The van der Waals surface area contributed by atoms with Crippen LogP contribution in [0.3, 0.4) is 0 Å². The van der Waals surface area contributed by atoms with Gasteiger partial charge in [0.15, 0.2) is 9.84 Å². The smallest absolute Gasteiger partial charge is 0.151 e. The number of hydrogen-bond acceptors (Lipinski definition) is 3. The van der Waals surface area contributed by atoms with E-state index in [0.29, 0.717) is 13.0 Å².